The van der Waals surface area contributed by atoms with Gasteiger partial charge in [-0.2, -0.15) is 0 Å². The molecule has 27 heavy (non-hydrogen) atoms. The van der Waals surface area contributed by atoms with E-state index in [9.17, 15) is 9.59 Å². The molecule has 0 spiro atoms. The van der Waals surface area contributed by atoms with Gasteiger partial charge in [-0.05, 0) is 42.2 Å². The highest BCUT2D eigenvalue weighted by Crippen LogP contribution is 2.18. The Morgan fingerprint density at radius 1 is 1.19 bits per heavy atom. The standard InChI is InChI=1S/C22H26N2O3/c1-16-5-3-4-6-18(16)15-24(22(26)19-13-21(25)23-14-19)12-11-17-7-9-20(27-2)10-8-17/h3-10,19H,11-15H2,1-2H3,(H,23,25). The van der Waals surface area contributed by atoms with Gasteiger partial charge in [-0.15, -0.1) is 0 Å². The van der Waals surface area contributed by atoms with Gasteiger partial charge in [0.2, 0.25) is 11.8 Å². The lowest BCUT2D eigenvalue weighted by Crippen LogP contribution is -2.38. The van der Waals surface area contributed by atoms with E-state index in [4.69, 9.17) is 4.74 Å². The molecule has 1 unspecified atom stereocenters. The summed E-state index contributed by atoms with van der Waals surface area (Å²) in [6, 6.07) is 16.0. The third-order valence-electron chi connectivity index (χ3n) is 5.09. The molecule has 1 fully saturated rings. The van der Waals surface area contributed by atoms with Crippen molar-refractivity contribution in [2.75, 3.05) is 20.2 Å². The monoisotopic (exact) mass is 366 g/mol. The van der Waals surface area contributed by atoms with Crippen LogP contribution in [0.1, 0.15) is 23.1 Å². The predicted octanol–water partition coefficient (Wildman–Crippen LogP) is 2.71. The van der Waals surface area contributed by atoms with Gasteiger partial charge in [0.15, 0.2) is 0 Å². The lowest BCUT2D eigenvalue weighted by atomic mass is 10.0. The van der Waals surface area contributed by atoms with Gasteiger partial charge in [0.05, 0.1) is 13.0 Å². The van der Waals surface area contributed by atoms with Crippen molar-refractivity contribution in [2.24, 2.45) is 5.92 Å². The average molecular weight is 366 g/mol. The topological polar surface area (TPSA) is 58.6 Å². The van der Waals surface area contributed by atoms with Crippen LogP contribution in [0.5, 0.6) is 5.75 Å². The lowest BCUT2D eigenvalue weighted by Gasteiger charge is -2.26. The van der Waals surface area contributed by atoms with E-state index < -0.39 is 0 Å². The minimum atomic E-state index is -0.266. The van der Waals surface area contributed by atoms with E-state index in [2.05, 4.69) is 24.4 Å². The smallest absolute Gasteiger partial charge is 0.228 e. The number of carbonyl (C=O) groups excluding carboxylic acids is 2. The van der Waals surface area contributed by atoms with E-state index in [1.807, 2.05) is 41.3 Å². The van der Waals surface area contributed by atoms with Gasteiger partial charge < -0.3 is 15.0 Å². The van der Waals surface area contributed by atoms with Crippen LogP contribution in [0, 0.1) is 12.8 Å². The summed E-state index contributed by atoms with van der Waals surface area (Å²) in [7, 11) is 1.65. The fraction of sp³-hybridized carbons (Fsp3) is 0.364. The van der Waals surface area contributed by atoms with E-state index in [1.165, 1.54) is 5.56 Å². The number of carbonyl (C=O) groups is 2. The third-order valence-corrected chi connectivity index (χ3v) is 5.09. The van der Waals surface area contributed by atoms with Gasteiger partial charge in [0.25, 0.3) is 0 Å². The van der Waals surface area contributed by atoms with Crippen LogP contribution in [0.4, 0.5) is 0 Å². The molecule has 1 aliphatic rings. The second-order valence-corrected chi connectivity index (χ2v) is 6.99. The molecule has 1 N–H and O–H groups in total. The van der Waals surface area contributed by atoms with Crippen molar-refractivity contribution in [3.63, 3.8) is 0 Å². The fourth-order valence-corrected chi connectivity index (χ4v) is 3.35. The number of nitrogens with one attached hydrogen (secondary N) is 1. The van der Waals surface area contributed by atoms with Crippen LogP contribution < -0.4 is 10.1 Å². The Hall–Kier alpha value is -2.82. The summed E-state index contributed by atoms with van der Waals surface area (Å²) in [5.74, 6) is 0.559. The van der Waals surface area contributed by atoms with Crippen LogP contribution in [0.2, 0.25) is 0 Å². The van der Waals surface area contributed by atoms with Crippen molar-refractivity contribution in [3.05, 3.63) is 65.2 Å². The van der Waals surface area contributed by atoms with Crippen molar-refractivity contribution in [1.29, 1.82) is 0 Å². The molecule has 2 aromatic carbocycles. The molecule has 5 nitrogen and oxygen atoms in total. The molecule has 0 aromatic heterocycles. The first-order valence-electron chi connectivity index (χ1n) is 9.29. The Morgan fingerprint density at radius 2 is 1.93 bits per heavy atom. The molecular weight excluding hydrogens is 340 g/mol. The molecule has 0 aliphatic carbocycles. The summed E-state index contributed by atoms with van der Waals surface area (Å²) >= 11 is 0. The van der Waals surface area contributed by atoms with Crippen LogP contribution >= 0.6 is 0 Å². The number of rotatable bonds is 7. The maximum atomic E-state index is 13.0. The molecule has 0 bridgehead atoms. The van der Waals surface area contributed by atoms with Gasteiger partial charge >= 0.3 is 0 Å². The zero-order valence-corrected chi connectivity index (χ0v) is 15.9. The molecule has 0 radical (unpaired) electrons. The normalized spacial score (nSPS) is 16.1. The largest absolute Gasteiger partial charge is 0.497 e. The number of hydrogen-bond donors (Lipinski definition) is 1. The lowest BCUT2D eigenvalue weighted by molar-refractivity contribution is -0.136. The quantitative estimate of drug-likeness (QED) is 0.820. The van der Waals surface area contributed by atoms with Gasteiger partial charge in [0.1, 0.15) is 5.75 Å². The van der Waals surface area contributed by atoms with Crippen LogP contribution in [-0.4, -0.2) is 36.9 Å². The van der Waals surface area contributed by atoms with E-state index >= 15 is 0 Å². The minimum absolute atomic E-state index is 0.0423. The first-order valence-corrected chi connectivity index (χ1v) is 9.29. The second-order valence-electron chi connectivity index (χ2n) is 6.99. The first-order chi connectivity index (χ1) is 13.1. The number of nitrogens with zero attached hydrogens (tertiary/aromatic N) is 1. The minimum Gasteiger partial charge on any atom is -0.497 e. The predicted molar refractivity (Wildman–Crippen MR) is 104 cm³/mol. The zero-order chi connectivity index (χ0) is 19.2. The molecule has 1 atom stereocenters. The van der Waals surface area contributed by atoms with Gasteiger partial charge in [0, 0.05) is 26.1 Å². The molecule has 0 saturated carbocycles. The summed E-state index contributed by atoms with van der Waals surface area (Å²) < 4.78 is 5.20. The van der Waals surface area contributed by atoms with Crippen LogP contribution in [0.15, 0.2) is 48.5 Å². The molecule has 1 heterocycles. The third kappa shape index (κ3) is 4.88. The average Bonchev–Trinajstić information content (AvgIpc) is 3.12. The fourth-order valence-electron chi connectivity index (χ4n) is 3.35. The second kappa shape index (κ2) is 8.71. The van der Waals surface area contributed by atoms with Crippen LogP contribution in [0.25, 0.3) is 0 Å². The van der Waals surface area contributed by atoms with Gasteiger partial charge in [-0.1, -0.05) is 36.4 Å². The molecular formula is C22H26N2O3. The Bertz CT molecular complexity index is 801. The number of aryl methyl sites for hydroxylation is 1. The number of amides is 2. The highest BCUT2D eigenvalue weighted by atomic mass is 16.5. The Kier molecular flexibility index (Phi) is 6.12. The van der Waals surface area contributed by atoms with Crippen molar-refractivity contribution >= 4 is 11.8 Å². The molecule has 3 rings (SSSR count). The highest BCUT2D eigenvalue weighted by Gasteiger charge is 2.31. The Morgan fingerprint density at radius 3 is 2.56 bits per heavy atom. The SMILES string of the molecule is COc1ccc(CCN(Cc2ccccc2C)C(=O)C2CNC(=O)C2)cc1. The number of benzene rings is 2. The summed E-state index contributed by atoms with van der Waals surface area (Å²) in [5, 5.41) is 2.77. The van der Waals surface area contributed by atoms with Crippen LogP contribution in [-0.2, 0) is 22.6 Å². The van der Waals surface area contributed by atoms with Crippen molar-refractivity contribution in [2.45, 2.75) is 26.3 Å². The zero-order valence-electron chi connectivity index (χ0n) is 15.9. The Balaban J connectivity index is 1.72. The van der Waals surface area contributed by atoms with Gasteiger partial charge in [-0.25, -0.2) is 0 Å². The molecule has 5 heteroatoms. The van der Waals surface area contributed by atoms with E-state index in [-0.39, 0.29) is 24.2 Å². The van der Waals surface area contributed by atoms with Gasteiger partial charge in [-0.3, -0.25) is 9.59 Å². The number of hydrogen-bond acceptors (Lipinski definition) is 3. The molecule has 1 aliphatic heterocycles. The van der Waals surface area contributed by atoms with E-state index in [0.717, 1.165) is 23.3 Å². The first kappa shape index (κ1) is 19.0. The van der Waals surface area contributed by atoms with Crippen molar-refractivity contribution in [1.82, 2.24) is 10.2 Å². The summed E-state index contributed by atoms with van der Waals surface area (Å²) in [6.45, 7) is 3.67. The molecule has 1 saturated heterocycles. The molecule has 2 amide bonds. The maximum Gasteiger partial charge on any atom is 0.228 e. The van der Waals surface area contributed by atoms with E-state index in [0.29, 0.717) is 19.6 Å². The summed E-state index contributed by atoms with van der Waals surface area (Å²) in [5.41, 5.74) is 3.46. The number of ether oxygens (including phenoxy) is 1. The summed E-state index contributed by atoms with van der Waals surface area (Å²) in [4.78, 5) is 26.5. The number of methoxy groups -OCH3 is 1. The van der Waals surface area contributed by atoms with E-state index in [1.54, 1.807) is 7.11 Å². The molecule has 2 aromatic rings. The van der Waals surface area contributed by atoms with Crippen LogP contribution in [0.3, 0.4) is 0 Å². The maximum absolute atomic E-state index is 13.0. The molecule has 142 valence electrons. The Labute approximate surface area is 160 Å². The highest BCUT2D eigenvalue weighted by molar-refractivity contribution is 5.89. The van der Waals surface area contributed by atoms with Crippen molar-refractivity contribution < 1.29 is 14.3 Å². The summed E-state index contributed by atoms with van der Waals surface area (Å²) in [6.07, 6.45) is 1.04. The van der Waals surface area contributed by atoms with Crippen molar-refractivity contribution in [3.8, 4) is 5.75 Å².